The number of benzene rings is 1. The van der Waals surface area contributed by atoms with Crippen LogP contribution in [0, 0.1) is 0 Å². The molecular formula is C22H29N4O2S+. The van der Waals surface area contributed by atoms with Crippen molar-refractivity contribution in [2.24, 2.45) is 0 Å². The van der Waals surface area contributed by atoms with Gasteiger partial charge in [0.15, 0.2) is 0 Å². The number of fused-ring (bicyclic) bond motifs is 2. The molecule has 0 radical (unpaired) electrons. The van der Waals surface area contributed by atoms with Gasteiger partial charge in [0, 0.05) is 36.5 Å². The fourth-order valence-corrected chi connectivity index (χ4v) is 5.28. The molecule has 154 valence electrons. The Balaban J connectivity index is 1.47. The topological polar surface area (TPSA) is 59.6 Å². The summed E-state index contributed by atoms with van der Waals surface area (Å²) in [7, 11) is 4.25. The number of anilines is 1. The van der Waals surface area contributed by atoms with Gasteiger partial charge >= 0.3 is 5.69 Å². The van der Waals surface area contributed by atoms with Crippen LogP contribution < -0.4 is 15.5 Å². The Morgan fingerprint density at radius 3 is 2.86 bits per heavy atom. The van der Waals surface area contributed by atoms with Crippen LogP contribution >= 0.6 is 11.8 Å². The Morgan fingerprint density at radius 2 is 2.03 bits per heavy atom. The number of carbonyl (C=O) groups excluding carboxylic acids is 1. The first-order valence-electron chi connectivity index (χ1n) is 10.5. The molecular weight excluding hydrogens is 384 g/mol. The van der Waals surface area contributed by atoms with Crippen molar-refractivity contribution in [2.45, 2.75) is 43.7 Å². The number of amides is 1. The first-order chi connectivity index (χ1) is 14.0. The van der Waals surface area contributed by atoms with Crippen LogP contribution in [0.1, 0.15) is 29.7 Å². The smallest absolute Gasteiger partial charge is 0.340 e. The van der Waals surface area contributed by atoms with Crippen molar-refractivity contribution in [1.82, 2.24) is 9.55 Å². The van der Waals surface area contributed by atoms with Gasteiger partial charge in [0.05, 0.1) is 26.4 Å². The Kier molecular flexibility index (Phi) is 6.06. The molecule has 6 nitrogen and oxygen atoms in total. The highest BCUT2D eigenvalue weighted by molar-refractivity contribution is 8.00. The van der Waals surface area contributed by atoms with Crippen molar-refractivity contribution in [3.8, 4) is 0 Å². The van der Waals surface area contributed by atoms with E-state index in [1.807, 2.05) is 27.7 Å². The molecule has 1 amide bonds. The fourth-order valence-electron chi connectivity index (χ4n) is 4.33. The Hall–Kier alpha value is -2.12. The van der Waals surface area contributed by atoms with Crippen molar-refractivity contribution in [3.05, 3.63) is 51.6 Å². The number of aromatic nitrogens is 2. The van der Waals surface area contributed by atoms with Crippen molar-refractivity contribution >= 4 is 23.4 Å². The first-order valence-corrected chi connectivity index (χ1v) is 11.5. The standard InChI is InChI=1S/C22H28N4O2S/c1-24(2)12-6-13-26-19-10-5-8-17(19)21(23-22(26)28)29-15-20(27)25-14-11-16-7-3-4-9-18(16)25/h3-4,7,9H,5-6,8,10-15H2,1-2H3/p+1. The number of carbonyl (C=O) groups is 1. The molecule has 0 bridgehead atoms. The van der Waals surface area contributed by atoms with Gasteiger partial charge in [0.1, 0.15) is 5.03 Å². The van der Waals surface area contributed by atoms with Crippen LogP contribution in [0.15, 0.2) is 34.1 Å². The minimum Gasteiger partial charge on any atom is -0.340 e. The Labute approximate surface area is 175 Å². The predicted molar refractivity (Wildman–Crippen MR) is 116 cm³/mol. The summed E-state index contributed by atoms with van der Waals surface area (Å²) in [5, 5.41) is 0.762. The number of para-hydroxylation sites is 1. The van der Waals surface area contributed by atoms with Gasteiger partial charge in [-0.3, -0.25) is 9.36 Å². The zero-order chi connectivity index (χ0) is 20.4. The van der Waals surface area contributed by atoms with Gasteiger partial charge in [0.25, 0.3) is 0 Å². The third-order valence-electron chi connectivity index (χ3n) is 5.78. The maximum absolute atomic E-state index is 12.8. The molecule has 29 heavy (non-hydrogen) atoms. The molecule has 2 aliphatic rings. The molecule has 1 aliphatic heterocycles. The number of rotatable bonds is 7. The lowest BCUT2D eigenvalue weighted by Gasteiger charge is -2.18. The quantitative estimate of drug-likeness (QED) is 0.542. The van der Waals surface area contributed by atoms with Gasteiger partial charge in [-0.15, -0.1) is 0 Å². The highest BCUT2D eigenvalue weighted by Gasteiger charge is 2.26. The van der Waals surface area contributed by atoms with Crippen LogP contribution in [0.25, 0.3) is 0 Å². The molecule has 1 aromatic heterocycles. The molecule has 4 rings (SSSR count). The molecule has 1 N–H and O–H groups in total. The second kappa shape index (κ2) is 8.71. The van der Waals surface area contributed by atoms with Crippen molar-refractivity contribution < 1.29 is 9.69 Å². The summed E-state index contributed by atoms with van der Waals surface area (Å²) in [6.07, 6.45) is 4.81. The van der Waals surface area contributed by atoms with E-state index in [4.69, 9.17) is 0 Å². The number of thioether (sulfide) groups is 1. The fraction of sp³-hybridized carbons (Fsp3) is 0.500. The van der Waals surface area contributed by atoms with Gasteiger partial charge in [0.2, 0.25) is 5.91 Å². The van der Waals surface area contributed by atoms with Gasteiger partial charge in [-0.25, -0.2) is 4.79 Å². The average Bonchev–Trinajstić information content (AvgIpc) is 3.35. The van der Waals surface area contributed by atoms with E-state index in [2.05, 4.69) is 25.1 Å². The average molecular weight is 414 g/mol. The van der Waals surface area contributed by atoms with Gasteiger partial charge in [-0.2, -0.15) is 4.98 Å². The summed E-state index contributed by atoms with van der Waals surface area (Å²) < 4.78 is 1.87. The van der Waals surface area contributed by atoms with Gasteiger partial charge in [-0.05, 0) is 37.3 Å². The second-order valence-electron chi connectivity index (χ2n) is 8.15. The summed E-state index contributed by atoms with van der Waals surface area (Å²) in [6.45, 7) is 2.50. The Bertz CT molecular complexity index is 970. The maximum Gasteiger partial charge on any atom is 0.348 e. The van der Waals surface area contributed by atoms with E-state index in [0.29, 0.717) is 5.75 Å². The van der Waals surface area contributed by atoms with E-state index in [-0.39, 0.29) is 11.6 Å². The van der Waals surface area contributed by atoms with Crippen molar-refractivity contribution in [2.75, 3.05) is 37.8 Å². The van der Waals surface area contributed by atoms with E-state index in [1.165, 1.54) is 27.8 Å². The minimum absolute atomic E-state index is 0.0895. The zero-order valence-electron chi connectivity index (χ0n) is 17.2. The molecule has 0 saturated carbocycles. The lowest BCUT2D eigenvalue weighted by Crippen LogP contribution is -3.05. The van der Waals surface area contributed by atoms with Crippen molar-refractivity contribution in [1.29, 1.82) is 0 Å². The van der Waals surface area contributed by atoms with Crippen LogP contribution in [-0.4, -0.2) is 48.4 Å². The summed E-state index contributed by atoms with van der Waals surface area (Å²) in [6, 6.07) is 8.09. The number of quaternary nitrogens is 1. The summed E-state index contributed by atoms with van der Waals surface area (Å²) in [5.41, 5.74) is 4.41. The van der Waals surface area contributed by atoms with Crippen LogP contribution in [-0.2, 0) is 30.6 Å². The van der Waals surface area contributed by atoms with Gasteiger partial charge in [-0.1, -0.05) is 30.0 Å². The zero-order valence-corrected chi connectivity index (χ0v) is 18.1. The molecule has 2 aromatic rings. The van der Waals surface area contributed by atoms with E-state index < -0.39 is 0 Å². The third kappa shape index (κ3) is 4.26. The van der Waals surface area contributed by atoms with Crippen LogP contribution in [0.4, 0.5) is 5.69 Å². The first kappa shape index (κ1) is 20.2. The summed E-state index contributed by atoms with van der Waals surface area (Å²) in [5.74, 6) is 0.410. The van der Waals surface area contributed by atoms with E-state index >= 15 is 0 Å². The maximum atomic E-state index is 12.8. The molecule has 0 atom stereocenters. The Morgan fingerprint density at radius 1 is 1.21 bits per heavy atom. The molecule has 1 aromatic carbocycles. The molecule has 0 fully saturated rings. The normalized spacial score (nSPS) is 15.1. The predicted octanol–water partition coefficient (Wildman–Crippen LogP) is 0.948. The highest BCUT2D eigenvalue weighted by atomic mass is 32.2. The van der Waals surface area contributed by atoms with Crippen LogP contribution in [0.2, 0.25) is 0 Å². The molecule has 0 saturated heterocycles. The lowest BCUT2D eigenvalue weighted by molar-refractivity contribution is -0.858. The summed E-state index contributed by atoms with van der Waals surface area (Å²) >= 11 is 1.43. The third-order valence-corrected chi connectivity index (χ3v) is 6.78. The number of hydrogen-bond donors (Lipinski definition) is 1. The van der Waals surface area contributed by atoms with Crippen LogP contribution in [0.5, 0.6) is 0 Å². The lowest BCUT2D eigenvalue weighted by atomic mass is 10.2. The molecule has 2 heterocycles. The largest absolute Gasteiger partial charge is 0.348 e. The number of nitrogens with one attached hydrogen (secondary N) is 1. The highest BCUT2D eigenvalue weighted by Crippen LogP contribution is 2.31. The molecule has 7 heteroatoms. The van der Waals surface area contributed by atoms with E-state index in [9.17, 15) is 9.59 Å². The number of hydrogen-bond acceptors (Lipinski definition) is 4. The van der Waals surface area contributed by atoms with Crippen molar-refractivity contribution in [3.63, 3.8) is 0 Å². The minimum atomic E-state index is -0.166. The van der Waals surface area contributed by atoms with Crippen LogP contribution in [0.3, 0.4) is 0 Å². The second-order valence-corrected chi connectivity index (χ2v) is 9.12. The molecule has 1 aliphatic carbocycles. The molecule has 0 spiro atoms. The molecule has 0 unspecified atom stereocenters. The van der Waals surface area contributed by atoms with E-state index in [1.54, 1.807) is 0 Å². The summed E-state index contributed by atoms with van der Waals surface area (Å²) in [4.78, 5) is 33.1. The monoisotopic (exact) mass is 413 g/mol. The van der Waals surface area contributed by atoms with E-state index in [0.717, 1.165) is 68.1 Å². The number of nitrogens with zero attached hydrogens (tertiary/aromatic N) is 3. The van der Waals surface area contributed by atoms with Gasteiger partial charge < -0.3 is 9.80 Å². The SMILES string of the molecule is C[NH+](C)CCCn1c2c(c(SCC(=O)N3CCc4ccccc43)nc1=O)CCC2.